The maximum absolute atomic E-state index is 13.2. The van der Waals surface area contributed by atoms with Crippen LogP contribution in [0.25, 0.3) is 5.65 Å². The predicted molar refractivity (Wildman–Crippen MR) is 121 cm³/mol. The van der Waals surface area contributed by atoms with Crippen molar-refractivity contribution in [2.75, 3.05) is 11.9 Å². The molecule has 212 valence electrons. The maximum atomic E-state index is 13.2. The number of carboxylic acid groups (broad SMARTS) is 1. The summed E-state index contributed by atoms with van der Waals surface area (Å²) in [6, 6.07) is 2.92. The molecule has 0 aromatic carbocycles. The number of halogens is 6. The van der Waals surface area contributed by atoms with Crippen molar-refractivity contribution >= 4 is 23.2 Å². The molecule has 3 fully saturated rings. The number of fused-ring (bicyclic) bond motifs is 2. The number of pyridine rings is 1. The number of nitrogens with zero attached hydrogens (tertiary/aromatic N) is 4. The molecule has 1 saturated carbocycles. The standard InChI is InChI=1S/C21H22F3N5O3.C2HF3O2/c1-12(21(22,23)24)32-15-6-17-26-16(20-9-19(2,10-20)31-11-20)8-29(17)7-14(15)25-18(30)13-4-5-28(3)27-13;3-2(4,5)1(6)7/h4-8,12H,9-11H2,1-3H3,(H,25,30);(H,6,7). The number of carbonyl (C=O) groups is 2. The van der Waals surface area contributed by atoms with Gasteiger partial charge in [-0.25, -0.2) is 9.78 Å². The van der Waals surface area contributed by atoms with Crippen molar-refractivity contribution in [2.45, 2.75) is 56.2 Å². The number of aryl methyl sites for hydroxylation is 1. The summed E-state index contributed by atoms with van der Waals surface area (Å²) in [5.74, 6) is -3.44. The van der Waals surface area contributed by atoms with Crippen LogP contribution in [0.15, 0.2) is 30.7 Å². The zero-order chi connectivity index (χ0) is 29.0. The van der Waals surface area contributed by atoms with E-state index in [1.807, 2.05) is 6.20 Å². The van der Waals surface area contributed by atoms with Crippen LogP contribution in [-0.2, 0) is 22.0 Å². The molecule has 0 spiro atoms. The van der Waals surface area contributed by atoms with Crippen LogP contribution < -0.4 is 10.1 Å². The lowest BCUT2D eigenvalue weighted by atomic mass is 9.62. The highest BCUT2D eigenvalue weighted by Crippen LogP contribution is 2.58. The van der Waals surface area contributed by atoms with Gasteiger partial charge in [0.05, 0.1) is 17.9 Å². The molecule has 1 aliphatic carbocycles. The Morgan fingerprint density at radius 1 is 1.21 bits per heavy atom. The molecule has 1 atom stereocenters. The van der Waals surface area contributed by atoms with Crippen molar-refractivity contribution in [3.63, 3.8) is 0 Å². The van der Waals surface area contributed by atoms with Crippen molar-refractivity contribution in [1.82, 2.24) is 19.2 Å². The topological polar surface area (TPSA) is 120 Å². The highest BCUT2D eigenvalue weighted by Gasteiger charge is 2.61. The van der Waals surface area contributed by atoms with Gasteiger partial charge in [-0.15, -0.1) is 0 Å². The first-order valence-electron chi connectivity index (χ1n) is 11.4. The highest BCUT2D eigenvalue weighted by molar-refractivity contribution is 6.03. The van der Waals surface area contributed by atoms with Gasteiger partial charge in [-0.3, -0.25) is 9.48 Å². The van der Waals surface area contributed by atoms with E-state index in [1.54, 1.807) is 17.6 Å². The minimum Gasteiger partial charge on any atom is -0.479 e. The number of hydrogen-bond donors (Lipinski definition) is 2. The van der Waals surface area contributed by atoms with Crippen LogP contribution in [0.1, 0.15) is 42.9 Å². The van der Waals surface area contributed by atoms with Gasteiger partial charge >= 0.3 is 18.3 Å². The first-order chi connectivity index (χ1) is 17.9. The largest absolute Gasteiger partial charge is 0.490 e. The van der Waals surface area contributed by atoms with E-state index >= 15 is 0 Å². The monoisotopic (exact) mass is 563 g/mol. The molecule has 39 heavy (non-hydrogen) atoms. The fraction of sp³-hybridized carbons (Fsp3) is 0.478. The van der Waals surface area contributed by atoms with E-state index < -0.39 is 30.3 Å². The second kappa shape index (κ2) is 9.43. The molecule has 16 heteroatoms. The number of amides is 1. The third-order valence-corrected chi connectivity index (χ3v) is 6.42. The van der Waals surface area contributed by atoms with Crippen LogP contribution in [0.3, 0.4) is 0 Å². The summed E-state index contributed by atoms with van der Waals surface area (Å²) in [4.78, 5) is 26.1. The smallest absolute Gasteiger partial charge is 0.479 e. The number of ether oxygens (including phenoxy) is 2. The number of carboxylic acids is 1. The lowest BCUT2D eigenvalue weighted by Crippen LogP contribution is -2.45. The molecule has 6 rings (SSSR count). The van der Waals surface area contributed by atoms with Gasteiger partial charge in [0, 0.05) is 37.1 Å². The van der Waals surface area contributed by atoms with E-state index in [0.717, 1.165) is 25.5 Å². The molecule has 2 aliphatic heterocycles. The summed E-state index contributed by atoms with van der Waals surface area (Å²) in [6.07, 6.45) is -5.08. The first-order valence-corrected chi connectivity index (χ1v) is 11.4. The van der Waals surface area contributed by atoms with Gasteiger partial charge < -0.3 is 24.3 Å². The second-order valence-corrected chi connectivity index (χ2v) is 9.75. The van der Waals surface area contributed by atoms with Crippen molar-refractivity contribution in [3.8, 4) is 5.75 Å². The summed E-state index contributed by atoms with van der Waals surface area (Å²) < 4.78 is 85.4. The van der Waals surface area contributed by atoms with E-state index in [9.17, 15) is 31.1 Å². The summed E-state index contributed by atoms with van der Waals surface area (Å²) >= 11 is 0. The van der Waals surface area contributed by atoms with Crippen LogP contribution in [0.4, 0.5) is 32.0 Å². The average molecular weight is 563 g/mol. The fourth-order valence-corrected chi connectivity index (χ4v) is 4.59. The molecule has 2 N–H and O–H groups in total. The molecule has 2 saturated heterocycles. The number of aliphatic carboxylic acids is 1. The van der Waals surface area contributed by atoms with E-state index in [4.69, 9.17) is 19.4 Å². The molecule has 2 bridgehead atoms. The lowest BCUT2D eigenvalue weighted by Gasteiger charge is -2.41. The van der Waals surface area contributed by atoms with Gasteiger partial charge in [0.2, 0.25) is 0 Å². The van der Waals surface area contributed by atoms with E-state index in [-0.39, 0.29) is 28.1 Å². The Kier molecular flexibility index (Phi) is 6.82. The Morgan fingerprint density at radius 2 is 1.85 bits per heavy atom. The van der Waals surface area contributed by atoms with Crippen LogP contribution in [0.2, 0.25) is 0 Å². The van der Waals surface area contributed by atoms with Crippen molar-refractivity contribution in [1.29, 1.82) is 0 Å². The molecule has 3 aromatic rings. The van der Waals surface area contributed by atoms with Crippen LogP contribution in [-0.4, -0.2) is 66.8 Å². The lowest BCUT2D eigenvalue weighted by molar-refractivity contribution is -0.192. The molecule has 1 amide bonds. The number of aromatic nitrogens is 4. The van der Waals surface area contributed by atoms with Gasteiger partial charge in [-0.1, -0.05) is 0 Å². The molecular formula is C23H23F6N5O5. The zero-order valence-corrected chi connectivity index (χ0v) is 20.7. The molecule has 1 unspecified atom stereocenters. The Hall–Kier alpha value is -3.82. The Balaban J connectivity index is 0.000000448. The second-order valence-electron chi connectivity index (χ2n) is 9.75. The quantitative estimate of drug-likeness (QED) is 0.449. The number of alkyl halides is 6. The van der Waals surface area contributed by atoms with Crippen molar-refractivity contribution in [3.05, 3.63) is 42.1 Å². The molecule has 3 aromatic heterocycles. The summed E-state index contributed by atoms with van der Waals surface area (Å²) in [7, 11) is 1.66. The Bertz CT molecular complexity index is 1410. The van der Waals surface area contributed by atoms with Gasteiger partial charge in [0.1, 0.15) is 17.1 Å². The summed E-state index contributed by atoms with van der Waals surface area (Å²) in [6.45, 7) is 3.53. The molecule has 0 radical (unpaired) electrons. The van der Waals surface area contributed by atoms with Crippen LogP contribution in [0, 0.1) is 0 Å². The Labute approximate surface area is 216 Å². The maximum Gasteiger partial charge on any atom is 0.490 e. The first kappa shape index (κ1) is 28.2. The van der Waals surface area contributed by atoms with Gasteiger partial charge in [-0.05, 0) is 32.8 Å². The third kappa shape index (κ3) is 5.79. The highest BCUT2D eigenvalue weighted by atomic mass is 19.4. The molecule has 5 heterocycles. The minimum atomic E-state index is -5.08. The summed E-state index contributed by atoms with van der Waals surface area (Å²) in [5, 5.41) is 13.8. The van der Waals surface area contributed by atoms with Crippen LogP contribution >= 0.6 is 0 Å². The fourth-order valence-electron chi connectivity index (χ4n) is 4.59. The normalized spacial score (nSPS) is 23.0. The predicted octanol–water partition coefficient (Wildman–Crippen LogP) is 4.10. The molecule has 10 nitrogen and oxygen atoms in total. The number of hydrogen-bond acceptors (Lipinski definition) is 6. The number of carbonyl (C=O) groups excluding carboxylic acids is 1. The molecular weight excluding hydrogens is 540 g/mol. The van der Waals surface area contributed by atoms with E-state index in [0.29, 0.717) is 12.3 Å². The van der Waals surface area contributed by atoms with E-state index in [2.05, 4.69) is 22.3 Å². The van der Waals surface area contributed by atoms with Gasteiger partial charge in [0.25, 0.3) is 5.91 Å². The average Bonchev–Trinajstić information content (AvgIpc) is 3.55. The number of anilines is 1. The summed E-state index contributed by atoms with van der Waals surface area (Å²) in [5.41, 5.74) is 1.15. The van der Waals surface area contributed by atoms with E-state index in [1.165, 1.54) is 23.0 Å². The minimum absolute atomic E-state index is 0.0897. The number of nitrogens with one attached hydrogen (secondary N) is 1. The van der Waals surface area contributed by atoms with Gasteiger partial charge in [0.15, 0.2) is 11.8 Å². The zero-order valence-electron chi connectivity index (χ0n) is 20.7. The van der Waals surface area contributed by atoms with Crippen LogP contribution in [0.5, 0.6) is 5.75 Å². The SMILES string of the molecule is CC(Oc1cc2nc(C34COC(C)(C3)C4)cn2cc1NC(=O)c1ccn(C)n1)C(F)(F)F.O=C(O)C(F)(F)F. The number of imidazole rings is 1. The molecule has 3 aliphatic rings. The van der Waals surface area contributed by atoms with Crippen molar-refractivity contribution in [2.24, 2.45) is 7.05 Å². The third-order valence-electron chi connectivity index (χ3n) is 6.42. The van der Waals surface area contributed by atoms with Gasteiger partial charge in [-0.2, -0.15) is 31.4 Å². The Morgan fingerprint density at radius 3 is 2.33 bits per heavy atom. The van der Waals surface area contributed by atoms with Crippen molar-refractivity contribution < 1.29 is 50.5 Å². The number of rotatable bonds is 5.